The zero-order valence-electron chi connectivity index (χ0n) is 21.5. The number of fused-ring (bicyclic) bond motifs is 1. The van der Waals surface area contributed by atoms with Gasteiger partial charge in [0.2, 0.25) is 0 Å². The van der Waals surface area contributed by atoms with Gasteiger partial charge in [-0.25, -0.2) is 4.79 Å². The standard InChI is InChI=1S/C28H39NO5S2/c1-4-7-15-28(16-8-5-2)20-29(22-12-10-9-11-13-22)23-18-25(35-6-3)24(34-17-14-27(30)31)19-26(23)36(32,33)21-28/h9-14,17-19,32-33H,4-8,15-16,20-21H2,1-3H3,(H,30,31)/b17-14+. The van der Waals surface area contributed by atoms with Crippen molar-refractivity contribution < 1.29 is 23.7 Å². The molecular formula is C28H39NO5S2. The van der Waals surface area contributed by atoms with E-state index in [-0.39, 0.29) is 5.41 Å². The third-order valence-electron chi connectivity index (χ3n) is 6.56. The maximum atomic E-state index is 11.7. The Balaban J connectivity index is 2.22. The molecule has 0 saturated carbocycles. The lowest BCUT2D eigenvalue weighted by atomic mass is 9.79. The average Bonchev–Trinajstić information content (AvgIpc) is 2.94. The van der Waals surface area contributed by atoms with E-state index in [4.69, 9.17) is 9.84 Å². The van der Waals surface area contributed by atoms with E-state index in [2.05, 4.69) is 30.9 Å². The topological polar surface area (TPSA) is 90.2 Å². The predicted octanol–water partition coefficient (Wildman–Crippen LogP) is 8.40. The number of hydrogen-bond donors (Lipinski definition) is 3. The minimum Gasteiger partial charge on any atom is -0.478 e. The van der Waals surface area contributed by atoms with Gasteiger partial charge < -0.3 is 14.7 Å². The maximum absolute atomic E-state index is 11.7. The molecule has 2 aromatic rings. The van der Waals surface area contributed by atoms with Crippen LogP contribution in [0.1, 0.15) is 59.3 Å². The van der Waals surface area contributed by atoms with Crippen molar-refractivity contribution in [2.75, 3.05) is 23.0 Å². The van der Waals surface area contributed by atoms with Crippen molar-refractivity contribution in [3.8, 4) is 5.75 Å². The summed E-state index contributed by atoms with van der Waals surface area (Å²) in [5, 5.41) is 8.98. The van der Waals surface area contributed by atoms with Crippen molar-refractivity contribution in [1.82, 2.24) is 0 Å². The number of anilines is 2. The van der Waals surface area contributed by atoms with Crippen LogP contribution in [0.2, 0.25) is 0 Å². The van der Waals surface area contributed by atoms with E-state index in [1.807, 2.05) is 31.2 Å². The number of benzene rings is 2. The van der Waals surface area contributed by atoms with Gasteiger partial charge >= 0.3 is 5.97 Å². The highest BCUT2D eigenvalue weighted by Crippen LogP contribution is 2.62. The highest BCUT2D eigenvalue weighted by Gasteiger charge is 2.42. The molecule has 1 aliphatic heterocycles. The Bertz CT molecular complexity index is 1030. The first kappa shape index (κ1) is 28.4. The van der Waals surface area contributed by atoms with E-state index >= 15 is 0 Å². The van der Waals surface area contributed by atoms with Crippen molar-refractivity contribution >= 4 is 39.7 Å². The molecule has 1 heterocycles. The molecule has 198 valence electrons. The molecule has 8 heteroatoms. The van der Waals surface area contributed by atoms with E-state index in [9.17, 15) is 13.9 Å². The Morgan fingerprint density at radius 2 is 1.78 bits per heavy atom. The van der Waals surface area contributed by atoms with Crippen molar-refractivity contribution in [3.05, 3.63) is 54.8 Å². The maximum Gasteiger partial charge on any atom is 0.331 e. The van der Waals surface area contributed by atoms with Crippen LogP contribution < -0.4 is 9.64 Å². The molecule has 36 heavy (non-hydrogen) atoms. The molecule has 0 amide bonds. The van der Waals surface area contributed by atoms with Crippen LogP contribution in [0.5, 0.6) is 5.75 Å². The monoisotopic (exact) mass is 533 g/mol. The van der Waals surface area contributed by atoms with Crippen molar-refractivity contribution in [2.45, 2.75) is 69.1 Å². The molecule has 3 N–H and O–H groups in total. The number of rotatable bonds is 12. The molecule has 0 atom stereocenters. The van der Waals surface area contributed by atoms with Crippen LogP contribution in [0.25, 0.3) is 0 Å². The van der Waals surface area contributed by atoms with Gasteiger partial charge in [0.05, 0.1) is 27.8 Å². The number of unbranched alkanes of at least 4 members (excludes halogenated alkanes) is 2. The van der Waals surface area contributed by atoms with E-state index in [0.29, 0.717) is 22.9 Å². The number of carboxylic acid groups (broad SMARTS) is 1. The summed E-state index contributed by atoms with van der Waals surface area (Å²) in [6.07, 6.45) is 8.09. The quantitative estimate of drug-likeness (QED) is 0.143. The van der Waals surface area contributed by atoms with E-state index in [1.165, 1.54) is 0 Å². The minimum atomic E-state index is -3.15. The Labute approximate surface area is 221 Å². The first-order chi connectivity index (χ1) is 17.2. The van der Waals surface area contributed by atoms with Crippen LogP contribution in [0.4, 0.5) is 11.4 Å². The third-order valence-corrected chi connectivity index (χ3v) is 9.53. The second-order valence-corrected chi connectivity index (χ2v) is 12.8. The summed E-state index contributed by atoms with van der Waals surface area (Å²) < 4.78 is 29.1. The molecule has 0 radical (unpaired) electrons. The number of para-hydroxylation sites is 1. The van der Waals surface area contributed by atoms with E-state index in [0.717, 1.165) is 72.9 Å². The van der Waals surface area contributed by atoms with Gasteiger partial charge in [-0.05, 0) is 36.8 Å². The molecule has 0 aliphatic carbocycles. The molecule has 0 fully saturated rings. The van der Waals surface area contributed by atoms with E-state index < -0.39 is 16.6 Å². The molecule has 0 saturated heterocycles. The van der Waals surface area contributed by atoms with Crippen LogP contribution in [0, 0.1) is 5.41 Å². The average molecular weight is 534 g/mol. The van der Waals surface area contributed by atoms with Crippen LogP contribution in [0.15, 0.2) is 64.6 Å². The molecule has 0 unspecified atom stereocenters. The van der Waals surface area contributed by atoms with Gasteiger partial charge in [-0.15, -0.1) is 11.8 Å². The highest BCUT2D eigenvalue weighted by molar-refractivity contribution is 8.24. The third kappa shape index (κ3) is 7.00. The summed E-state index contributed by atoms with van der Waals surface area (Å²) in [6, 6.07) is 13.8. The molecule has 0 aromatic heterocycles. The van der Waals surface area contributed by atoms with Crippen LogP contribution in [0.3, 0.4) is 0 Å². The lowest BCUT2D eigenvalue weighted by Gasteiger charge is -2.42. The Morgan fingerprint density at radius 3 is 2.36 bits per heavy atom. The lowest BCUT2D eigenvalue weighted by molar-refractivity contribution is -0.131. The van der Waals surface area contributed by atoms with Gasteiger partial charge in [-0.3, -0.25) is 9.11 Å². The fourth-order valence-corrected chi connectivity index (χ4v) is 7.81. The second-order valence-electron chi connectivity index (χ2n) is 9.40. The van der Waals surface area contributed by atoms with Crippen molar-refractivity contribution in [3.63, 3.8) is 0 Å². The molecule has 0 spiro atoms. The summed E-state index contributed by atoms with van der Waals surface area (Å²) >= 11 is 1.58. The number of thioether (sulfide) groups is 1. The van der Waals surface area contributed by atoms with Crippen molar-refractivity contribution in [2.24, 2.45) is 5.41 Å². The first-order valence-electron chi connectivity index (χ1n) is 12.7. The zero-order valence-corrected chi connectivity index (χ0v) is 23.1. The van der Waals surface area contributed by atoms with Crippen LogP contribution in [-0.2, 0) is 4.79 Å². The molecule has 6 nitrogen and oxygen atoms in total. The highest BCUT2D eigenvalue weighted by atomic mass is 32.3. The summed E-state index contributed by atoms with van der Waals surface area (Å²) in [6.45, 7) is 7.09. The Morgan fingerprint density at radius 1 is 1.11 bits per heavy atom. The summed E-state index contributed by atoms with van der Waals surface area (Å²) in [5.74, 6) is 0.420. The first-order valence-corrected chi connectivity index (χ1v) is 15.4. The van der Waals surface area contributed by atoms with Crippen LogP contribution >= 0.6 is 22.4 Å². The fraction of sp³-hybridized carbons (Fsp3) is 0.464. The molecule has 1 aliphatic rings. The largest absolute Gasteiger partial charge is 0.478 e. The fourth-order valence-electron chi connectivity index (χ4n) is 4.87. The SMILES string of the molecule is CCCCC1(CCCC)CN(c2ccccc2)c2cc(SCC)c(O/C=C/C(=O)O)cc2S(O)(O)C1. The number of carboxylic acids is 1. The number of nitrogens with zero attached hydrogens (tertiary/aromatic N) is 1. The molecule has 3 rings (SSSR count). The van der Waals surface area contributed by atoms with Gasteiger partial charge in [0.25, 0.3) is 0 Å². The summed E-state index contributed by atoms with van der Waals surface area (Å²) in [4.78, 5) is 14.5. The smallest absolute Gasteiger partial charge is 0.331 e. The van der Waals surface area contributed by atoms with Gasteiger partial charge in [-0.1, -0.05) is 64.7 Å². The Kier molecular flexibility index (Phi) is 10.2. The molecule has 2 aromatic carbocycles. The van der Waals surface area contributed by atoms with Crippen LogP contribution in [-0.4, -0.2) is 38.2 Å². The second kappa shape index (κ2) is 12.9. The minimum absolute atomic E-state index is 0.248. The zero-order chi connectivity index (χ0) is 26.2. The number of aliphatic carboxylic acids is 1. The predicted molar refractivity (Wildman–Crippen MR) is 151 cm³/mol. The van der Waals surface area contributed by atoms with E-state index in [1.54, 1.807) is 17.8 Å². The summed E-state index contributed by atoms with van der Waals surface area (Å²) in [7, 11) is -3.15. The van der Waals surface area contributed by atoms with Gasteiger partial charge in [-0.2, -0.15) is 10.6 Å². The normalized spacial score (nSPS) is 17.4. The van der Waals surface area contributed by atoms with Gasteiger partial charge in [0.1, 0.15) is 5.75 Å². The number of hydrogen-bond acceptors (Lipinski definition) is 6. The lowest BCUT2D eigenvalue weighted by Crippen LogP contribution is -2.37. The summed E-state index contributed by atoms with van der Waals surface area (Å²) in [5.41, 5.74) is 1.55. The number of ether oxygens (including phenoxy) is 1. The Hall–Kier alpha value is -2.13. The van der Waals surface area contributed by atoms with Gasteiger partial charge in [0, 0.05) is 29.5 Å². The van der Waals surface area contributed by atoms with Crippen molar-refractivity contribution in [1.29, 1.82) is 0 Å². The number of carbonyl (C=O) groups is 1. The van der Waals surface area contributed by atoms with Gasteiger partial charge in [0.15, 0.2) is 0 Å². The molecule has 0 bridgehead atoms. The molecular weight excluding hydrogens is 494 g/mol.